The Morgan fingerprint density at radius 3 is 2.83 bits per heavy atom. The summed E-state index contributed by atoms with van der Waals surface area (Å²) in [6, 6.07) is 0.348. The molecule has 1 aromatic heterocycles. The molecule has 1 aliphatic heterocycles. The minimum absolute atomic E-state index is 0.128. The van der Waals surface area contributed by atoms with E-state index in [0.717, 1.165) is 0 Å². The number of hydrogen-bond donors (Lipinski definition) is 1. The molecule has 0 bridgehead atoms. The fraction of sp³-hybridized carbons (Fsp3) is 0.455. The molecule has 0 saturated carbocycles. The number of hydrogen-bond acceptors (Lipinski definition) is 3. The lowest BCUT2D eigenvalue weighted by molar-refractivity contribution is -0.119. The first kappa shape index (κ1) is 12.7. The highest BCUT2D eigenvalue weighted by atomic mass is 19.2. The minimum Gasteiger partial charge on any atom is -0.352 e. The number of nitrogens with zero attached hydrogens (tertiary/aromatic N) is 2. The van der Waals surface area contributed by atoms with Gasteiger partial charge in [-0.2, -0.15) is 9.37 Å². The van der Waals surface area contributed by atoms with E-state index >= 15 is 0 Å². The fourth-order valence-corrected chi connectivity index (χ4v) is 2.01. The topological polar surface area (TPSA) is 45.2 Å². The maximum absolute atomic E-state index is 13.5. The Hall–Kier alpha value is -1.79. The fourth-order valence-electron chi connectivity index (χ4n) is 2.01. The number of carbonyl (C=O) groups excluding carboxylic acids is 1. The second-order valence-electron chi connectivity index (χ2n) is 4.20. The standard InChI is InChI=1S/C11H12F3N3O/c1-6(18)15-7-2-3-17(5-7)11-9(13)4-8(12)10(14)16-11/h4,7H,2-3,5H2,1H3,(H,15,18). The normalized spacial score (nSPS) is 19.1. The van der Waals surface area contributed by atoms with Gasteiger partial charge >= 0.3 is 0 Å². The Morgan fingerprint density at radius 2 is 2.17 bits per heavy atom. The zero-order valence-electron chi connectivity index (χ0n) is 9.71. The van der Waals surface area contributed by atoms with Gasteiger partial charge in [-0.15, -0.1) is 0 Å². The van der Waals surface area contributed by atoms with Gasteiger partial charge in [-0.3, -0.25) is 4.79 Å². The van der Waals surface area contributed by atoms with Crippen LogP contribution in [-0.4, -0.2) is 30.0 Å². The number of halogens is 3. The predicted octanol–water partition coefficient (Wildman–Crippen LogP) is 1.21. The molecule has 1 aromatic rings. The molecular weight excluding hydrogens is 247 g/mol. The van der Waals surface area contributed by atoms with Crippen molar-refractivity contribution in [1.82, 2.24) is 10.3 Å². The summed E-state index contributed by atoms with van der Waals surface area (Å²) in [6.45, 7) is 2.15. The van der Waals surface area contributed by atoms with E-state index in [-0.39, 0.29) is 17.8 Å². The number of amides is 1. The van der Waals surface area contributed by atoms with Crippen LogP contribution in [0.15, 0.2) is 6.07 Å². The lowest BCUT2D eigenvalue weighted by Gasteiger charge is -2.18. The Kier molecular flexibility index (Phi) is 3.40. The molecule has 1 fully saturated rings. The number of anilines is 1. The van der Waals surface area contributed by atoms with Gasteiger partial charge in [0, 0.05) is 32.1 Å². The summed E-state index contributed by atoms with van der Waals surface area (Å²) < 4.78 is 39.2. The van der Waals surface area contributed by atoms with Crippen LogP contribution in [0.4, 0.5) is 19.0 Å². The highest BCUT2D eigenvalue weighted by Gasteiger charge is 2.27. The van der Waals surface area contributed by atoms with Gasteiger partial charge in [-0.1, -0.05) is 0 Å². The third-order valence-corrected chi connectivity index (χ3v) is 2.76. The van der Waals surface area contributed by atoms with Crippen molar-refractivity contribution in [1.29, 1.82) is 0 Å². The molecular formula is C11H12F3N3O. The van der Waals surface area contributed by atoms with Crippen LogP contribution in [0.1, 0.15) is 13.3 Å². The molecule has 18 heavy (non-hydrogen) atoms. The van der Waals surface area contributed by atoms with Crippen molar-refractivity contribution < 1.29 is 18.0 Å². The molecule has 1 unspecified atom stereocenters. The molecule has 1 N–H and O–H groups in total. The average molecular weight is 259 g/mol. The first-order valence-corrected chi connectivity index (χ1v) is 5.51. The molecule has 1 amide bonds. The van der Waals surface area contributed by atoms with Crippen LogP contribution in [-0.2, 0) is 4.79 Å². The van der Waals surface area contributed by atoms with Crippen LogP contribution in [0.25, 0.3) is 0 Å². The van der Waals surface area contributed by atoms with Crippen molar-refractivity contribution in [3.8, 4) is 0 Å². The van der Waals surface area contributed by atoms with Gasteiger partial charge in [0.25, 0.3) is 5.95 Å². The Morgan fingerprint density at radius 1 is 1.44 bits per heavy atom. The summed E-state index contributed by atoms with van der Waals surface area (Å²) in [4.78, 5) is 15.6. The van der Waals surface area contributed by atoms with Crippen LogP contribution < -0.4 is 10.2 Å². The zero-order valence-corrected chi connectivity index (χ0v) is 9.71. The van der Waals surface area contributed by atoms with E-state index in [2.05, 4.69) is 10.3 Å². The van der Waals surface area contributed by atoms with Crippen molar-refractivity contribution >= 4 is 11.7 Å². The lowest BCUT2D eigenvalue weighted by Crippen LogP contribution is -2.36. The van der Waals surface area contributed by atoms with Crippen molar-refractivity contribution in [2.75, 3.05) is 18.0 Å². The minimum atomic E-state index is -1.32. The van der Waals surface area contributed by atoms with E-state index in [9.17, 15) is 18.0 Å². The highest BCUT2D eigenvalue weighted by Crippen LogP contribution is 2.22. The summed E-state index contributed by atoms with van der Waals surface area (Å²) in [6.07, 6.45) is 0.611. The second kappa shape index (κ2) is 4.83. The van der Waals surface area contributed by atoms with Gasteiger partial charge < -0.3 is 10.2 Å². The summed E-state index contributed by atoms with van der Waals surface area (Å²) in [5.74, 6) is -3.94. The lowest BCUT2D eigenvalue weighted by atomic mass is 10.2. The van der Waals surface area contributed by atoms with Crippen molar-refractivity contribution in [2.24, 2.45) is 0 Å². The molecule has 7 heteroatoms. The van der Waals surface area contributed by atoms with E-state index in [1.165, 1.54) is 11.8 Å². The molecule has 0 spiro atoms. The summed E-state index contributed by atoms with van der Waals surface area (Å²) in [7, 11) is 0. The zero-order chi connectivity index (χ0) is 13.3. The molecule has 0 aliphatic carbocycles. The predicted molar refractivity (Wildman–Crippen MR) is 58.5 cm³/mol. The van der Waals surface area contributed by atoms with Crippen LogP contribution in [0.5, 0.6) is 0 Å². The van der Waals surface area contributed by atoms with Gasteiger partial charge in [0.15, 0.2) is 17.5 Å². The summed E-state index contributed by atoms with van der Waals surface area (Å²) in [5.41, 5.74) is 0. The second-order valence-corrected chi connectivity index (χ2v) is 4.20. The molecule has 4 nitrogen and oxygen atoms in total. The number of carbonyl (C=O) groups is 1. The van der Waals surface area contributed by atoms with Crippen molar-refractivity contribution in [3.05, 3.63) is 23.6 Å². The maximum atomic E-state index is 13.5. The largest absolute Gasteiger partial charge is 0.352 e. The van der Waals surface area contributed by atoms with E-state index in [1.54, 1.807) is 0 Å². The Labute approximate surface area is 102 Å². The summed E-state index contributed by atoms with van der Waals surface area (Å²) in [5, 5.41) is 2.69. The first-order chi connectivity index (χ1) is 8.47. The SMILES string of the molecule is CC(=O)NC1CCN(c2nc(F)c(F)cc2F)C1. The molecule has 1 atom stereocenters. The number of nitrogens with one attached hydrogen (secondary N) is 1. The van der Waals surface area contributed by atoms with Gasteiger partial charge in [0.2, 0.25) is 5.91 Å². The molecule has 1 aliphatic rings. The molecule has 0 aromatic carbocycles. The molecule has 0 radical (unpaired) electrons. The van der Waals surface area contributed by atoms with E-state index in [1.807, 2.05) is 0 Å². The smallest absolute Gasteiger partial charge is 0.251 e. The van der Waals surface area contributed by atoms with Gasteiger partial charge in [0.1, 0.15) is 0 Å². The molecule has 2 rings (SSSR count). The quantitative estimate of drug-likeness (QED) is 0.812. The van der Waals surface area contributed by atoms with Crippen molar-refractivity contribution in [3.63, 3.8) is 0 Å². The highest BCUT2D eigenvalue weighted by molar-refractivity contribution is 5.73. The van der Waals surface area contributed by atoms with Crippen LogP contribution in [0.3, 0.4) is 0 Å². The van der Waals surface area contributed by atoms with Crippen LogP contribution in [0.2, 0.25) is 0 Å². The Bertz CT molecular complexity index is 481. The van der Waals surface area contributed by atoms with Crippen molar-refractivity contribution in [2.45, 2.75) is 19.4 Å². The maximum Gasteiger partial charge on any atom is 0.251 e. The number of rotatable bonds is 2. The molecule has 1 saturated heterocycles. The molecule has 98 valence electrons. The number of pyridine rings is 1. The van der Waals surface area contributed by atoms with Gasteiger partial charge in [-0.25, -0.2) is 8.78 Å². The van der Waals surface area contributed by atoms with Crippen LogP contribution in [0, 0.1) is 17.6 Å². The average Bonchev–Trinajstić information content (AvgIpc) is 2.70. The van der Waals surface area contributed by atoms with Crippen LogP contribution >= 0.6 is 0 Å². The third-order valence-electron chi connectivity index (χ3n) is 2.76. The van der Waals surface area contributed by atoms with E-state index in [0.29, 0.717) is 25.6 Å². The number of aromatic nitrogens is 1. The van der Waals surface area contributed by atoms with Gasteiger partial charge in [-0.05, 0) is 6.42 Å². The third kappa shape index (κ3) is 2.55. The monoisotopic (exact) mass is 259 g/mol. The van der Waals surface area contributed by atoms with Gasteiger partial charge in [0.05, 0.1) is 0 Å². The molecule has 2 heterocycles. The van der Waals surface area contributed by atoms with E-state index < -0.39 is 17.6 Å². The summed E-state index contributed by atoms with van der Waals surface area (Å²) >= 11 is 0. The first-order valence-electron chi connectivity index (χ1n) is 5.51. The van der Waals surface area contributed by atoms with E-state index in [4.69, 9.17) is 0 Å². The Balaban J connectivity index is 2.14.